The van der Waals surface area contributed by atoms with Gasteiger partial charge in [-0.15, -0.1) is 0 Å². The second-order valence-electron chi connectivity index (χ2n) is 7.35. The van der Waals surface area contributed by atoms with E-state index in [1.165, 1.54) is 36.2 Å². The Morgan fingerprint density at radius 1 is 1.20 bits per heavy atom. The van der Waals surface area contributed by atoms with E-state index in [9.17, 15) is 23.3 Å². The summed E-state index contributed by atoms with van der Waals surface area (Å²) in [5.41, 5.74) is 2.73. The van der Waals surface area contributed by atoms with Crippen LogP contribution in [0.4, 0.5) is 11.4 Å². The Balaban J connectivity index is 2.12. The first kappa shape index (κ1) is 23.3. The normalized spacial score (nSPS) is 12.3. The quantitative estimate of drug-likeness (QED) is 0.371. The first-order chi connectivity index (χ1) is 14.0. The van der Waals surface area contributed by atoms with Crippen molar-refractivity contribution in [1.29, 1.82) is 0 Å². The van der Waals surface area contributed by atoms with Crippen molar-refractivity contribution in [1.82, 2.24) is 5.32 Å². The third-order valence-corrected chi connectivity index (χ3v) is 5.98. The number of hydrogen-bond acceptors (Lipinski definition) is 5. The number of amides is 1. The summed E-state index contributed by atoms with van der Waals surface area (Å²) in [4.78, 5) is 23.2. The van der Waals surface area contributed by atoms with Gasteiger partial charge in [-0.3, -0.25) is 19.2 Å². The average Bonchev–Trinajstić information content (AvgIpc) is 2.65. The Hall–Kier alpha value is -2.94. The molecule has 0 unspecified atom stereocenters. The topological polar surface area (TPSA) is 110 Å². The van der Waals surface area contributed by atoms with Crippen molar-refractivity contribution < 1.29 is 18.1 Å². The lowest BCUT2D eigenvalue weighted by molar-refractivity contribution is -0.384. The smallest absolute Gasteiger partial charge is 0.271 e. The zero-order valence-corrected chi connectivity index (χ0v) is 18.4. The number of anilines is 1. The Labute approximate surface area is 177 Å². The lowest BCUT2D eigenvalue weighted by atomic mass is 10.1. The second-order valence-corrected chi connectivity index (χ2v) is 9.21. The average molecular weight is 434 g/mol. The van der Waals surface area contributed by atoms with E-state index in [4.69, 9.17) is 0 Å². The van der Waals surface area contributed by atoms with E-state index in [1.54, 1.807) is 6.92 Å². The molecule has 0 aliphatic carbocycles. The molecule has 9 heteroatoms. The number of nitrogens with one attached hydrogen (secondary N) is 1. The van der Waals surface area contributed by atoms with Crippen molar-refractivity contribution in [2.75, 3.05) is 17.1 Å². The van der Waals surface area contributed by atoms with Gasteiger partial charge >= 0.3 is 0 Å². The molecule has 30 heavy (non-hydrogen) atoms. The van der Waals surface area contributed by atoms with Crippen molar-refractivity contribution in [2.45, 2.75) is 39.7 Å². The summed E-state index contributed by atoms with van der Waals surface area (Å²) in [7, 11) is -3.86. The van der Waals surface area contributed by atoms with Crippen LogP contribution in [0.3, 0.4) is 0 Å². The number of sulfonamides is 1. The molecule has 1 N–H and O–H groups in total. The SMILES string of the molecule is Cc1cccc(CCCNC(=O)[C@@H](C)N(c2cc([N+](=O)[O-])ccc2C)S(C)(=O)=O)c1. The molecular formula is C21H27N3O5S. The molecule has 162 valence electrons. The fourth-order valence-corrected chi connectivity index (χ4v) is 4.47. The van der Waals surface area contributed by atoms with Crippen molar-refractivity contribution in [2.24, 2.45) is 0 Å². The maximum Gasteiger partial charge on any atom is 0.271 e. The zero-order chi connectivity index (χ0) is 22.5. The fraction of sp³-hybridized carbons (Fsp3) is 0.381. The van der Waals surface area contributed by atoms with E-state index in [-0.39, 0.29) is 11.4 Å². The van der Waals surface area contributed by atoms with Crippen LogP contribution in [-0.4, -0.2) is 38.1 Å². The molecule has 0 aliphatic rings. The molecule has 0 heterocycles. The number of nitro benzene ring substituents is 1. The van der Waals surface area contributed by atoms with Crippen molar-refractivity contribution in [3.05, 3.63) is 69.3 Å². The van der Waals surface area contributed by atoms with Gasteiger partial charge in [0.15, 0.2) is 0 Å². The Morgan fingerprint density at radius 2 is 1.90 bits per heavy atom. The van der Waals surface area contributed by atoms with E-state index in [0.717, 1.165) is 17.0 Å². The van der Waals surface area contributed by atoms with E-state index in [1.807, 2.05) is 25.1 Å². The predicted octanol–water partition coefficient (Wildman–Crippen LogP) is 3.12. The van der Waals surface area contributed by atoms with Crippen molar-refractivity contribution in [3.63, 3.8) is 0 Å². The van der Waals surface area contributed by atoms with Crippen molar-refractivity contribution in [3.8, 4) is 0 Å². The number of nitro groups is 1. The first-order valence-corrected chi connectivity index (χ1v) is 11.4. The van der Waals surface area contributed by atoms with Gasteiger partial charge in [0.1, 0.15) is 6.04 Å². The van der Waals surface area contributed by atoms with Crippen LogP contribution in [0, 0.1) is 24.0 Å². The Bertz CT molecular complexity index is 1040. The van der Waals surface area contributed by atoms with Gasteiger partial charge in [-0.2, -0.15) is 0 Å². The number of carbonyl (C=O) groups excluding carboxylic acids is 1. The summed E-state index contributed by atoms with van der Waals surface area (Å²) in [5.74, 6) is -0.462. The van der Waals surface area contributed by atoms with Gasteiger partial charge in [0.2, 0.25) is 15.9 Å². The molecule has 0 bridgehead atoms. The number of carbonyl (C=O) groups is 1. The summed E-state index contributed by atoms with van der Waals surface area (Å²) in [6, 6.07) is 11.0. The van der Waals surface area contributed by atoms with Crippen LogP contribution in [0.5, 0.6) is 0 Å². The van der Waals surface area contributed by atoms with Crippen LogP contribution < -0.4 is 9.62 Å². The van der Waals surface area contributed by atoms with Gasteiger partial charge in [-0.1, -0.05) is 35.9 Å². The van der Waals surface area contributed by atoms with Gasteiger partial charge in [-0.05, 0) is 44.7 Å². The van der Waals surface area contributed by atoms with Gasteiger partial charge in [-0.25, -0.2) is 8.42 Å². The molecule has 0 radical (unpaired) electrons. The summed E-state index contributed by atoms with van der Waals surface area (Å²) in [6.07, 6.45) is 2.47. The second kappa shape index (κ2) is 9.71. The summed E-state index contributed by atoms with van der Waals surface area (Å²) >= 11 is 0. The lowest BCUT2D eigenvalue weighted by Crippen LogP contribution is -2.48. The first-order valence-electron chi connectivity index (χ1n) is 9.58. The molecule has 0 aromatic heterocycles. The van der Waals surface area contributed by atoms with Crippen LogP contribution in [0.25, 0.3) is 0 Å². The standard InChI is InChI=1S/C21H27N3O5S/c1-15-7-5-8-18(13-15)9-6-12-22-21(25)17(3)23(30(4,28)29)20-14-19(24(26)27)11-10-16(20)2/h5,7-8,10-11,13-14,17H,6,9,12H2,1-4H3,(H,22,25)/t17-/m1/s1. The zero-order valence-electron chi connectivity index (χ0n) is 17.6. The van der Waals surface area contributed by atoms with Crippen LogP contribution in [-0.2, 0) is 21.2 Å². The fourth-order valence-electron chi connectivity index (χ4n) is 3.25. The van der Waals surface area contributed by atoms with Gasteiger partial charge in [0, 0.05) is 18.7 Å². The highest BCUT2D eigenvalue weighted by molar-refractivity contribution is 7.92. The van der Waals surface area contributed by atoms with E-state index in [2.05, 4.69) is 11.4 Å². The molecule has 1 amide bonds. The molecule has 0 saturated carbocycles. The maximum absolute atomic E-state index is 12.6. The van der Waals surface area contributed by atoms with E-state index < -0.39 is 26.9 Å². The van der Waals surface area contributed by atoms with Crippen LogP contribution >= 0.6 is 0 Å². The van der Waals surface area contributed by atoms with Crippen molar-refractivity contribution >= 4 is 27.3 Å². The number of aryl methyl sites for hydroxylation is 3. The highest BCUT2D eigenvalue weighted by Gasteiger charge is 2.31. The van der Waals surface area contributed by atoms with Crippen LogP contribution in [0.15, 0.2) is 42.5 Å². The third kappa shape index (κ3) is 6.03. The summed E-state index contributed by atoms with van der Waals surface area (Å²) < 4.78 is 25.8. The molecule has 0 fully saturated rings. The molecule has 2 rings (SSSR count). The highest BCUT2D eigenvalue weighted by atomic mass is 32.2. The monoisotopic (exact) mass is 433 g/mol. The maximum atomic E-state index is 12.6. The minimum absolute atomic E-state index is 0.120. The molecule has 0 aliphatic heterocycles. The molecule has 8 nitrogen and oxygen atoms in total. The van der Waals surface area contributed by atoms with Gasteiger partial charge in [0.05, 0.1) is 16.9 Å². The minimum atomic E-state index is -3.86. The molecule has 2 aromatic carbocycles. The lowest BCUT2D eigenvalue weighted by Gasteiger charge is -2.29. The summed E-state index contributed by atoms with van der Waals surface area (Å²) in [5, 5.41) is 13.9. The Kier molecular flexibility index (Phi) is 7.55. The van der Waals surface area contributed by atoms with Crippen LogP contribution in [0.2, 0.25) is 0 Å². The Morgan fingerprint density at radius 3 is 2.50 bits per heavy atom. The third-order valence-electron chi connectivity index (χ3n) is 4.75. The molecule has 0 spiro atoms. The van der Waals surface area contributed by atoms with Gasteiger partial charge in [0.25, 0.3) is 5.69 Å². The largest absolute Gasteiger partial charge is 0.354 e. The molecule has 1 atom stereocenters. The number of benzene rings is 2. The number of non-ortho nitro benzene ring substituents is 1. The number of hydrogen-bond donors (Lipinski definition) is 1. The van der Waals surface area contributed by atoms with Gasteiger partial charge < -0.3 is 5.32 Å². The molecule has 0 saturated heterocycles. The minimum Gasteiger partial charge on any atom is -0.354 e. The van der Waals surface area contributed by atoms with E-state index >= 15 is 0 Å². The van der Waals surface area contributed by atoms with E-state index in [0.29, 0.717) is 18.5 Å². The summed E-state index contributed by atoms with van der Waals surface area (Å²) in [6.45, 7) is 5.52. The number of rotatable bonds is 9. The number of nitrogens with zero attached hydrogens (tertiary/aromatic N) is 2. The molecular weight excluding hydrogens is 406 g/mol. The highest BCUT2D eigenvalue weighted by Crippen LogP contribution is 2.29. The molecule has 2 aromatic rings. The van der Waals surface area contributed by atoms with Crippen LogP contribution in [0.1, 0.15) is 30.0 Å². The predicted molar refractivity (Wildman–Crippen MR) is 117 cm³/mol.